The normalized spacial score (nSPS) is 10.2. The third-order valence-corrected chi connectivity index (χ3v) is 2.46. The molecule has 1 aromatic heterocycles. The van der Waals surface area contributed by atoms with Crippen LogP contribution in [0.4, 0.5) is 4.39 Å². The van der Waals surface area contributed by atoms with Crippen molar-refractivity contribution < 1.29 is 9.13 Å². The van der Waals surface area contributed by atoms with Crippen LogP contribution in [-0.2, 0) is 0 Å². The van der Waals surface area contributed by atoms with E-state index in [4.69, 9.17) is 16.3 Å². The van der Waals surface area contributed by atoms with E-state index in [2.05, 4.69) is 4.98 Å². The number of methoxy groups -OCH3 is 1. The van der Waals surface area contributed by atoms with Gasteiger partial charge in [-0.25, -0.2) is 4.98 Å². The highest BCUT2D eigenvalue weighted by molar-refractivity contribution is 6.30. The minimum atomic E-state index is -0.525. The number of halogens is 2. The summed E-state index contributed by atoms with van der Waals surface area (Å²) >= 11 is 5.76. The van der Waals surface area contributed by atoms with Crippen molar-refractivity contribution in [1.29, 1.82) is 0 Å². The Balaban J connectivity index is 2.50. The molecule has 0 fully saturated rings. The molecule has 0 bridgehead atoms. The highest BCUT2D eigenvalue weighted by Gasteiger charge is 2.07. The van der Waals surface area contributed by atoms with Gasteiger partial charge < -0.3 is 4.74 Å². The molecule has 1 heterocycles. The van der Waals surface area contributed by atoms with Crippen LogP contribution in [0.3, 0.4) is 0 Å². The van der Waals surface area contributed by atoms with Gasteiger partial charge in [-0.2, -0.15) is 4.39 Å². The number of pyridine rings is 1. The molecular weight excluding hydrogens is 229 g/mol. The van der Waals surface area contributed by atoms with Crippen molar-refractivity contribution in [3.63, 3.8) is 0 Å². The summed E-state index contributed by atoms with van der Waals surface area (Å²) in [5.74, 6) is -0.00512. The second kappa shape index (κ2) is 4.49. The first-order chi connectivity index (χ1) is 7.70. The summed E-state index contributed by atoms with van der Waals surface area (Å²) in [5, 5.41) is 0.611. The lowest BCUT2D eigenvalue weighted by atomic mass is 10.1. The van der Waals surface area contributed by atoms with E-state index in [1.807, 2.05) is 0 Å². The number of aromatic nitrogens is 1. The summed E-state index contributed by atoms with van der Waals surface area (Å²) in [7, 11) is 1.51. The number of nitrogens with zero attached hydrogens (tertiary/aromatic N) is 1. The Hall–Kier alpha value is -1.61. The van der Waals surface area contributed by atoms with Gasteiger partial charge in [0.25, 0.3) is 0 Å². The first-order valence-corrected chi connectivity index (χ1v) is 5.04. The van der Waals surface area contributed by atoms with Crippen LogP contribution < -0.4 is 4.74 Å². The van der Waals surface area contributed by atoms with Crippen molar-refractivity contribution in [3.8, 4) is 16.9 Å². The van der Waals surface area contributed by atoms with Crippen LogP contribution in [-0.4, -0.2) is 12.1 Å². The largest absolute Gasteiger partial charge is 0.495 e. The lowest BCUT2D eigenvalue weighted by Gasteiger charge is -2.05. The minimum absolute atomic E-state index is 0.399. The molecule has 0 unspecified atom stereocenters. The van der Waals surface area contributed by atoms with Crippen LogP contribution in [0.2, 0.25) is 5.02 Å². The maximum absolute atomic E-state index is 13.5. The van der Waals surface area contributed by atoms with E-state index in [0.717, 1.165) is 0 Å². The Labute approximate surface area is 97.7 Å². The molecule has 1 aromatic carbocycles. The monoisotopic (exact) mass is 237 g/mol. The predicted molar refractivity (Wildman–Crippen MR) is 61.2 cm³/mol. The molecule has 2 nitrogen and oxygen atoms in total. The van der Waals surface area contributed by atoms with E-state index in [0.29, 0.717) is 21.9 Å². The summed E-state index contributed by atoms with van der Waals surface area (Å²) in [5.41, 5.74) is 1.12. The van der Waals surface area contributed by atoms with E-state index in [1.165, 1.54) is 13.3 Å². The molecule has 0 aliphatic heterocycles. The highest BCUT2D eigenvalue weighted by Crippen LogP contribution is 2.26. The maximum Gasteiger partial charge on any atom is 0.220 e. The van der Waals surface area contributed by atoms with Crippen molar-refractivity contribution in [2.75, 3.05) is 7.11 Å². The SMILES string of the molecule is COc1cnc(F)c(-c2ccc(Cl)cc2)c1. The van der Waals surface area contributed by atoms with Crippen LogP contribution in [0.25, 0.3) is 11.1 Å². The van der Waals surface area contributed by atoms with Crippen LogP contribution in [0.15, 0.2) is 36.5 Å². The highest BCUT2D eigenvalue weighted by atomic mass is 35.5. The number of hydrogen-bond acceptors (Lipinski definition) is 2. The lowest BCUT2D eigenvalue weighted by Crippen LogP contribution is -1.91. The van der Waals surface area contributed by atoms with E-state index >= 15 is 0 Å². The van der Waals surface area contributed by atoms with Gasteiger partial charge in [0.2, 0.25) is 5.95 Å². The Morgan fingerprint density at radius 2 is 1.94 bits per heavy atom. The molecule has 0 amide bonds. The Kier molecular flexibility index (Phi) is 3.06. The van der Waals surface area contributed by atoms with Gasteiger partial charge in [0.15, 0.2) is 0 Å². The zero-order valence-electron chi connectivity index (χ0n) is 8.58. The molecular formula is C12H9ClFNO. The molecule has 2 rings (SSSR count). The third kappa shape index (κ3) is 2.14. The molecule has 2 aromatic rings. The third-order valence-electron chi connectivity index (χ3n) is 2.20. The van der Waals surface area contributed by atoms with Gasteiger partial charge in [-0.3, -0.25) is 0 Å². The number of ether oxygens (including phenoxy) is 1. The van der Waals surface area contributed by atoms with Crippen molar-refractivity contribution in [3.05, 3.63) is 47.5 Å². The van der Waals surface area contributed by atoms with Gasteiger partial charge in [0.05, 0.1) is 13.3 Å². The molecule has 16 heavy (non-hydrogen) atoms. The average Bonchev–Trinajstić information content (AvgIpc) is 2.31. The second-order valence-electron chi connectivity index (χ2n) is 3.22. The van der Waals surface area contributed by atoms with Crippen molar-refractivity contribution >= 4 is 11.6 Å². The molecule has 0 aliphatic carbocycles. The molecule has 0 N–H and O–H groups in total. The molecule has 0 saturated heterocycles. The van der Waals surface area contributed by atoms with Gasteiger partial charge in [-0.05, 0) is 23.8 Å². The summed E-state index contributed by atoms with van der Waals surface area (Å²) in [6.45, 7) is 0. The van der Waals surface area contributed by atoms with Gasteiger partial charge >= 0.3 is 0 Å². The molecule has 0 radical (unpaired) electrons. The van der Waals surface area contributed by atoms with E-state index in [-0.39, 0.29) is 0 Å². The fourth-order valence-electron chi connectivity index (χ4n) is 1.37. The van der Waals surface area contributed by atoms with Crippen LogP contribution in [0.5, 0.6) is 5.75 Å². The van der Waals surface area contributed by atoms with Gasteiger partial charge in [-0.1, -0.05) is 23.7 Å². The Morgan fingerprint density at radius 3 is 2.56 bits per heavy atom. The smallest absolute Gasteiger partial charge is 0.220 e. The number of hydrogen-bond donors (Lipinski definition) is 0. The van der Waals surface area contributed by atoms with Crippen molar-refractivity contribution in [1.82, 2.24) is 4.98 Å². The Morgan fingerprint density at radius 1 is 1.25 bits per heavy atom. The first-order valence-electron chi connectivity index (χ1n) is 4.66. The Bertz CT molecular complexity index is 499. The fourth-order valence-corrected chi connectivity index (χ4v) is 1.50. The summed E-state index contributed by atoms with van der Waals surface area (Å²) < 4.78 is 18.5. The van der Waals surface area contributed by atoms with Gasteiger partial charge in [0.1, 0.15) is 5.75 Å². The molecule has 82 valence electrons. The standard InChI is InChI=1S/C12H9ClFNO/c1-16-10-6-11(12(14)15-7-10)8-2-4-9(13)5-3-8/h2-7H,1H3. The number of rotatable bonds is 2. The fraction of sp³-hybridized carbons (Fsp3) is 0.0833. The van der Waals surface area contributed by atoms with Crippen LogP contribution >= 0.6 is 11.6 Å². The van der Waals surface area contributed by atoms with E-state index in [9.17, 15) is 4.39 Å². The zero-order valence-corrected chi connectivity index (χ0v) is 9.33. The quantitative estimate of drug-likeness (QED) is 0.746. The second-order valence-corrected chi connectivity index (χ2v) is 3.66. The van der Waals surface area contributed by atoms with Gasteiger partial charge in [-0.15, -0.1) is 0 Å². The molecule has 0 aliphatic rings. The van der Waals surface area contributed by atoms with Crippen molar-refractivity contribution in [2.24, 2.45) is 0 Å². The predicted octanol–water partition coefficient (Wildman–Crippen LogP) is 3.55. The number of benzene rings is 1. The van der Waals surface area contributed by atoms with Crippen LogP contribution in [0, 0.1) is 5.95 Å². The molecule has 0 spiro atoms. The average molecular weight is 238 g/mol. The van der Waals surface area contributed by atoms with Crippen molar-refractivity contribution in [2.45, 2.75) is 0 Å². The summed E-state index contributed by atoms with van der Waals surface area (Å²) in [4.78, 5) is 3.62. The molecule has 0 atom stereocenters. The van der Waals surface area contributed by atoms with E-state index in [1.54, 1.807) is 30.3 Å². The maximum atomic E-state index is 13.5. The van der Waals surface area contributed by atoms with E-state index < -0.39 is 5.95 Å². The minimum Gasteiger partial charge on any atom is -0.495 e. The topological polar surface area (TPSA) is 22.1 Å². The molecule has 0 saturated carbocycles. The molecule has 4 heteroatoms. The summed E-state index contributed by atoms with van der Waals surface area (Å²) in [6.07, 6.45) is 1.34. The first kappa shape index (κ1) is 10.9. The lowest BCUT2D eigenvalue weighted by molar-refractivity contribution is 0.410. The summed E-state index contributed by atoms with van der Waals surface area (Å²) in [6, 6.07) is 8.49. The zero-order chi connectivity index (χ0) is 11.5. The van der Waals surface area contributed by atoms with Crippen LogP contribution in [0.1, 0.15) is 0 Å². The van der Waals surface area contributed by atoms with Gasteiger partial charge in [0, 0.05) is 10.6 Å².